The Labute approximate surface area is 110 Å². The molecule has 0 saturated heterocycles. The lowest BCUT2D eigenvalue weighted by Gasteiger charge is -2.30. The minimum Gasteiger partial charge on any atom is -0.464 e. The van der Waals surface area contributed by atoms with Gasteiger partial charge in [0.15, 0.2) is 0 Å². The highest BCUT2D eigenvalue weighted by atomic mass is 16.4. The molecule has 0 amide bonds. The molecular weight excluding hydrogens is 240 g/mol. The summed E-state index contributed by atoms with van der Waals surface area (Å²) in [5, 5.41) is 13.9. The quantitative estimate of drug-likeness (QED) is 0.759. The van der Waals surface area contributed by atoms with Crippen molar-refractivity contribution < 1.29 is 9.90 Å². The van der Waals surface area contributed by atoms with Gasteiger partial charge in [0.25, 0.3) is 0 Å². The smallest absolute Gasteiger partial charge is 0.416 e. The number of carboxylic acid groups (broad SMARTS) is 1. The monoisotopic (exact) mass is 254 g/mol. The lowest BCUT2D eigenvalue weighted by atomic mass is 9.83. The molecule has 4 rings (SSSR count). The first-order chi connectivity index (χ1) is 9.25. The van der Waals surface area contributed by atoms with Crippen LogP contribution in [0.25, 0.3) is 16.5 Å². The summed E-state index contributed by atoms with van der Waals surface area (Å²) in [6, 6.07) is 6.26. The van der Waals surface area contributed by atoms with Gasteiger partial charge in [-0.05, 0) is 42.2 Å². The van der Waals surface area contributed by atoms with E-state index in [2.05, 4.69) is 17.5 Å². The maximum absolute atomic E-state index is 11.3. The highest BCUT2D eigenvalue weighted by molar-refractivity contribution is 6.01. The zero-order valence-electron chi connectivity index (χ0n) is 10.4. The molecule has 1 aliphatic carbocycles. The third-order valence-corrected chi connectivity index (χ3v) is 4.12. The largest absolute Gasteiger partial charge is 0.464 e. The van der Waals surface area contributed by atoms with Gasteiger partial charge in [0, 0.05) is 17.6 Å². The maximum Gasteiger partial charge on any atom is 0.416 e. The van der Waals surface area contributed by atoms with Gasteiger partial charge < -0.3 is 10.4 Å². The normalized spacial score (nSPS) is 21.1. The Bertz CT molecular complexity index is 727. The molecule has 2 aromatic rings. The second-order valence-corrected chi connectivity index (χ2v) is 5.17. The number of nitrogens with one attached hydrogen (secondary N) is 1. The van der Waals surface area contributed by atoms with Crippen LogP contribution in [0.1, 0.15) is 17.5 Å². The van der Waals surface area contributed by atoms with Gasteiger partial charge in [-0.1, -0.05) is 18.2 Å². The SMILES string of the molecule is O=C(O)n1cc2c3c(cccc31)C1=CCCNC1C2. The fourth-order valence-electron chi connectivity index (χ4n) is 3.36. The summed E-state index contributed by atoms with van der Waals surface area (Å²) in [6.07, 6.45) is 5.05. The van der Waals surface area contributed by atoms with Crippen LogP contribution in [-0.4, -0.2) is 28.4 Å². The number of hydrogen-bond acceptors (Lipinski definition) is 2. The number of rotatable bonds is 0. The third kappa shape index (κ3) is 1.40. The van der Waals surface area contributed by atoms with Crippen LogP contribution in [0.4, 0.5) is 4.79 Å². The Kier molecular flexibility index (Phi) is 2.11. The zero-order chi connectivity index (χ0) is 13.0. The second-order valence-electron chi connectivity index (χ2n) is 5.17. The minimum absolute atomic E-state index is 0.330. The first-order valence-electron chi connectivity index (χ1n) is 6.56. The van der Waals surface area contributed by atoms with Gasteiger partial charge in [-0.25, -0.2) is 4.79 Å². The van der Waals surface area contributed by atoms with Crippen molar-refractivity contribution in [2.75, 3.05) is 6.54 Å². The fraction of sp³-hybridized carbons (Fsp3) is 0.267. The molecule has 0 spiro atoms. The van der Waals surface area contributed by atoms with Crippen LogP contribution in [-0.2, 0) is 6.42 Å². The van der Waals surface area contributed by atoms with E-state index in [4.69, 9.17) is 0 Å². The molecule has 19 heavy (non-hydrogen) atoms. The first kappa shape index (κ1) is 10.8. The summed E-state index contributed by atoms with van der Waals surface area (Å²) >= 11 is 0. The highest BCUT2D eigenvalue weighted by Crippen LogP contribution is 2.38. The fourth-order valence-corrected chi connectivity index (χ4v) is 3.36. The molecule has 1 aromatic carbocycles. The Hall–Kier alpha value is -2.07. The van der Waals surface area contributed by atoms with Crippen molar-refractivity contribution in [3.63, 3.8) is 0 Å². The van der Waals surface area contributed by atoms with Crippen LogP contribution in [0.5, 0.6) is 0 Å². The average Bonchev–Trinajstić information content (AvgIpc) is 2.80. The number of carbonyl (C=O) groups is 1. The Morgan fingerprint density at radius 2 is 2.32 bits per heavy atom. The van der Waals surface area contributed by atoms with Gasteiger partial charge in [0.05, 0.1) is 5.52 Å². The molecule has 0 saturated carbocycles. The molecule has 2 aliphatic rings. The summed E-state index contributed by atoms with van der Waals surface area (Å²) < 4.78 is 1.34. The summed E-state index contributed by atoms with van der Waals surface area (Å²) in [4.78, 5) is 11.3. The van der Waals surface area contributed by atoms with E-state index in [1.165, 1.54) is 15.7 Å². The molecule has 0 radical (unpaired) electrons. The average molecular weight is 254 g/mol. The van der Waals surface area contributed by atoms with Crippen molar-refractivity contribution >= 4 is 22.6 Å². The van der Waals surface area contributed by atoms with Gasteiger partial charge in [-0.3, -0.25) is 4.57 Å². The van der Waals surface area contributed by atoms with Gasteiger partial charge >= 0.3 is 6.09 Å². The van der Waals surface area contributed by atoms with Crippen molar-refractivity contribution in [1.29, 1.82) is 0 Å². The van der Waals surface area contributed by atoms with Gasteiger partial charge in [0.1, 0.15) is 0 Å². The molecule has 2 N–H and O–H groups in total. The Balaban J connectivity index is 2.06. The topological polar surface area (TPSA) is 54.3 Å². The molecule has 4 heteroatoms. The number of fused-ring (bicyclic) bond motifs is 2. The van der Waals surface area contributed by atoms with Crippen molar-refractivity contribution in [2.24, 2.45) is 0 Å². The van der Waals surface area contributed by atoms with Crippen molar-refractivity contribution in [3.8, 4) is 0 Å². The molecule has 0 bridgehead atoms. The standard InChI is InChI=1S/C15H14N2O2/c18-15(19)17-8-9-7-12-10(4-2-6-16-12)11-3-1-5-13(17)14(9)11/h1,3-5,8,12,16H,2,6-7H2,(H,18,19). The van der Waals surface area contributed by atoms with E-state index in [-0.39, 0.29) is 0 Å². The van der Waals surface area contributed by atoms with Crippen LogP contribution in [0.15, 0.2) is 30.5 Å². The Morgan fingerprint density at radius 3 is 3.16 bits per heavy atom. The predicted octanol–water partition coefficient (Wildman–Crippen LogP) is 2.47. The third-order valence-electron chi connectivity index (χ3n) is 4.12. The minimum atomic E-state index is -0.916. The molecular formula is C15H14N2O2. The lowest BCUT2D eigenvalue weighted by Crippen LogP contribution is -2.37. The summed E-state index contributed by atoms with van der Waals surface area (Å²) in [5.41, 5.74) is 4.44. The van der Waals surface area contributed by atoms with Gasteiger partial charge in [0.2, 0.25) is 0 Å². The lowest BCUT2D eigenvalue weighted by molar-refractivity contribution is 0.197. The summed E-state index contributed by atoms with van der Waals surface area (Å²) in [7, 11) is 0. The number of nitrogens with zero attached hydrogens (tertiary/aromatic N) is 1. The Morgan fingerprint density at radius 1 is 1.42 bits per heavy atom. The van der Waals surface area contributed by atoms with E-state index in [0.717, 1.165) is 35.9 Å². The molecule has 1 aliphatic heterocycles. The number of aromatic nitrogens is 1. The van der Waals surface area contributed by atoms with E-state index in [1.807, 2.05) is 12.1 Å². The van der Waals surface area contributed by atoms with Crippen LogP contribution < -0.4 is 5.32 Å². The molecule has 96 valence electrons. The number of hydrogen-bond donors (Lipinski definition) is 2. The van der Waals surface area contributed by atoms with Crippen LogP contribution in [0.2, 0.25) is 0 Å². The second kappa shape index (κ2) is 3.71. The molecule has 1 unspecified atom stereocenters. The van der Waals surface area contributed by atoms with E-state index < -0.39 is 6.09 Å². The zero-order valence-corrected chi connectivity index (χ0v) is 10.4. The van der Waals surface area contributed by atoms with Crippen LogP contribution in [0.3, 0.4) is 0 Å². The van der Waals surface area contributed by atoms with Crippen LogP contribution >= 0.6 is 0 Å². The van der Waals surface area contributed by atoms with Gasteiger partial charge in [-0.2, -0.15) is 0 Å². The molecule has 4 nitrogen and oxygen atoms in total. The highest BCUT2D eigenvalue weighted by Gasteiger charge is 2.29. The summed E-state index contributed by atoms with van der Waals surface area (Å²) in [5.74, 6) is 0. The van der Waals surface area contributed by atoms with Crippen molar-refractivity contribution in [1.82, 2.24) is 9.88 Å². The van der Waals surface area contributed by atoms with E-state index in [0.29, 0.717) is 6.04 Å². The molecule has 1 atom stereocenters. The molecule has 1 aromatic heterocycles. The van der Waals surface area contributed by atoms with Gasteiger partial charge in [-0.15, -0.1) is 0 Å². The molecule has 2 heterocycles. The van der Waals surface area contributed by atoms with E-state index in [1.54, 1.807) is 6.20 Å². The maximum atomic E-state index is 11.3. The predicted molar refractivity (Wildman–Crippen MR) is 73.4 cm³/mol. The molecule has 0 fully saturated rings. The number of benzene rings is 1. The van der Waals surface area contributed by atoms with E-state index in [9.17, 15) is 9.90 Å². The van der Waals surface area contributed by atoms with Crippen molar-refractivity contribution in [2.45, 2.75) is 18.9 Å². The van der Waals surface area contributed by atoms with Crippen LogP contribution in [0, 0.1) is 0 Å². The van der Waals surface area contributed by atoms with Crippen molar-refractivity contribution in [3.05, 3.63) is 41.6 Å². The first-order valence-corrected chi connectivity index (χ1v) is 6.56. The van der Waals surface area contributed by atoms with E-state index >= 15 is 0 Å². The summed E-state index contributed by atoms with van der Waals surface area (Å²) in [6.45, 7) is 0.999.